The van der Waals surface area contributed by atoms with Gasteiger partial charge in [-0.15, -0.1) is 0 Å². The van der Waals surface area contributed by atoms with Crippen LogP contribution >= 0.6 is 0 Å². The van der Waals surface area contributed by atoms with E-state index < -0.39 is 23.5 Å². The van der Waals surface area contributed by atoms with E-state index in [4.69, 9.17) is 9.47 Å². The van der Waals surface area contributed by atoms with Crippen molar-refractivity contribution in [1.82, 2.24) is 5.32 Å². The Hall–Kier alpha value is -2.11. The van der Waals surface area contributed by atoms with Crippen molar-refractivity contribution in [2.45, 2.75) is 26.4 Å². The highest BCUT2D eigenvalue weighted by Crippen LogP contribution is 2.08. The molecular formula is C14H18FNO4. The van der Waals surface area contributed by atoms with E-state index in [9.17, 15) is 14.0 Å². The van der Waals surface area contributed by atoms with Gasteiger partial charge in [0.05, 0.1) is 12.1 Å². The molecule has 0 atom stereocenters. The average molecular weight is 283 g/mol. The number of carbonyl (C=O) groups is 2. The highest BCUT2D eigenvalue weighted by Gasteiger charge is 2.16. The summed E-state index contributed by atoms with van der Waals surface area (Å²) in [5.74, 6) is -1.41. The van der Waals surface area contributed by atoms with Crippen LogP contribution in [0.3, 0.4) is 0 Å². The first kappa shape index (κ1) is 15.9. The Balaban J connectivity index is 2.30. The molecule has 1 amide bonds. The number of hydrogen-bond donors (Lipinski definition) is 1. The molecule has 0 unspecified atom stereocenters. The molecule has 0 heterocycles. The monoisotopic (exact) mass is 283 g/mol. The fourth-order valence-corrected chi connectivity index (χ4v) is 1.32. The second-order valence-electron chi connectivity index (χ2n) is 5.04. The van der Waals surface area contributed by atoms with Crippen LogP contribution in [0.2, 0.25) is 0 Å². The first-order chi connectivity index (χ1) is 9.29. The molecular weight excluding hydrogens is 265 g/mol. The number of halogens is 1. The number of nitrogens with one attached hydrogen (secondary N) is 1. The minimum absolute atomic E-state index is 0.0631. The van der Waals surface area contributed by atoms with Crippen molar-refractivity contribution in [3.05, 3.63) is 35.6 Å². The van der Waals surface area contributed by atoms with Gasteiger partial charge in [0, 0.05) is 0 Å². The summed E-state index contributed by atoms with van der Waals surface area (Å²) in [4.78, 5) is 22.8. The van der Waals surface area contributed by atoms with Gasteiger partial charge in [0.2, 0.25) is 0 Å². The van der Waals surface area contributed by atoms with Gasteiger partial charge in [-0.1, -0.05) is 12.1 Å². The molecule has 0 fully saturated rings. The quantitative estimate of drug-likeness (QED) is 0.681. The molecule has 0 bridgehead atoms. The number of amides is 1. The van der Waals surface area contributed by atoms with E-state index in [2.05, 4.69) is 5.32 Å². The van der Waals surface area contributed by atoms with Crippen molar-refractivity contribution >= 4 is 12.1 Å². The number of alkyl carbamates (subject to hydrolysis) is 1. The van der Waals surface area contributed by atoms with E-state index in [-0.39, 0.29) is 18.7 Å². The highest BCUT2D eigenvalue weighted by atomic mass is 19.1. The molecule has 0 saturated heterocycles. The summed E-state index contributed by atoms with van der Waals surface area (Å²) in [6.45, 7) is 5.25. The zero-order chi connectivity index (χ0) is 15.2. The zero-order valence-electron chi connectivity index (χ0n) is 11.7. The van der Waals surface area contributed by atoms with Gasteiger partial charge in [-0.25, -0.2) is 14.0 Å². The van der Waals surface area contributed by atoms with E-state index in [0.29, 0.717) is 0 Å². The van der Waals surface area contributed by atoms with E-state index in [1.165, 1.54) is 18.2 Å². The molecule has 0 aliphatic rings. The van der Waals surface area contributed by atoms with Crippen molar-refractivity contribution in [3.63, 3.8) is 0 Å². The van der Waals surface area contributed by atoms with Crippen LogP contribution in [0.1, 0.15) is 31.1 Å². The molecule has 1 aromatic rings. The lowest BCUT2D eigenvalue weighted by atomic mass is 10.2. The van der Waals surface area contributed by atoms with E-state index in [1.54, 1.807) is 26.8 Å². The molecule has 5 nitrogen and oxygen atoms in total. The SMILES string of the molecule is CC(C)(C)OC(=O)NCCOC(=O)c1ccccc1F. The third-order valence-electron chi connectivity index (χ3n) is 2.10. The van der Waals surface area contributed by atoms with Crippen LogP contribution < -0.4 is 5.32 Å². The fourth-order valence-electron chi connectivity index (χ4n) is 1.32. The number of ether oxygens (including phenoxy) is 2. The van der Waals surface area contributed by atoms with Crippen molar-refractivity contribution in [2.75, 3.05) is 13.2 Å². The molecule has 20 heavy (non-hydrogen) atoms. The number of carbonyl (C=O) groups excluding carboxylic acids is 2. The number of benzene rings is 1. The van der Waals surface area contributed by atoms with Gasteiger partial charge in [0.15, 0.2) is 0 Å². The third-order valence-corrected chi connectivity index (χ3v) is 2.10. The lowest BCUT2D eigenvalue weighted by Crippen LogP contribution is -2.34. The average Bonchev–Trinajstić information content (AvgIpc) is 2.33. The molecule has 0 spiro atoms. The maximum Gasteiger partial charge on any atom is 0.407 e. The Bertz CT molecular complexity index is 482. The van der Waals surface area contributed by atoms with Crippen LogP contribution in [0.5, 0.6) is 0 Å². The number of esters is 1. The van der Waals surface area contributed by atoms with Gasteiger partial charge in [-0.3, -0.25) is 0 Å². The molecule has 110 valence electrons. The van der Waals surface area contributed by atoms with Crippen molar-refractivity contribution in [3.8, 4) is 0 Å². The van der Waals surface area contributed by atoms with Gasteiger partial charge in [-0.05, 0) is 32.9 Å². The second-order valence-corrected chi connectivity index (χ2v) is 5.04. The second kappa shape index (κ2) is 6.88. The number of hydrogen-bond acceptors (Lipinski definition) is 4. The summed E-state index contributed by atoms with van der Waals surface area (Å²) in [6.07, 6.45) is -0.598. The minimum Gasteiger partial charge on any atom is -0.460 e. The standard InChI is InChI=1S/C14H18FNO4/c1-14(2,3)20-13(18)16-8-9-19-12(17)10-6-4-5-7-11(10)15/h4-7H,8-9H2,1-3H3,(H,16,18). The summed E-state index contributed by atoms with van der Waals surface area (Å²) in [5.41, 5.74) is -0.724. The molecule has 0 aliphatic carbocycles. The maximum atomic E-state index is 13.3. The largest absolute Gasteiger partial charge is 0.460 e. The predicted octanol–water partition coefficient (Wildman–Crippen LogP) is 2.51. The van der Waals surface area contributed by atoms with Gasteiger partial charge in [-0.2, -0.15) is 0 Å². The fraction of sp³-hybridized carbons (Fsp3) is 0.429. The van der Waals surface area contributed by atoms with Gasteiger partial charge < -0.3 is 14.8 Å². The first-order valence-corrected chi connectivity index (χ1v) is 6.18. The Morgan fingerprint density at radius 2 is 1.90 bits per heavy atom. The van der Waals surface area contributed by atoms with Gasteiger partial charge in [0.1, 0.15) is 18.0 Å². The van der Waals surface area contributed by atoms with Crippen LogP contribution in [0, 0.1) is 5.82 Å². The Morgan fingerprint density at radius 1 is 1.25 bits per heavy atom. The molecule has 0 aromatic heterocycles. The van der Waals surface area contributed by atoms with Crippen LogP contribution in [-0.2, 0) is 9.47 Å². The topological polar surface area (TPSA) is 64.6 Å². The smallest absolute Gasteiger partial charge is 0.407 e. The highest BCUT2D eigenvalue weighted by molar-refractivity contribution is 5.89. The third kappa shape index (κ3) is 5.69. The zero-order valence-corrected chi connectivity index (χ0v) is 11.7. The Morgan fingerprint density at radius 3 is 2.50 bits per heavy atom. The van der Waals surface area contributed by atoms with Crippen molar-refractivity contribution < 1.29 is 23.5 Å². The van der Waals surface area contributed by atoms with Crippen LogP contribution in [0.4, 0.5) is 9.18 Å². The van der Waals surface area contributed by atoms with E-state index >= 15 is 0 Å². The van der Waals surface area contributed by atoms with Crippen molar-refractivity contribution in [2.24, 2.45) is 0 Å². The van der Waals surface area contributed by atoms with Gasteiger partial charge in [0.25, 0.3) is 0 Å². The Labute approximate surface area is 117 Å². The number of rotatable bonds is 4. The summed E-state index contributed by atoms with van der Waals surface area (Å²) in [6, 6.07) is 5.53. The van der Waals surface area contributed by atoms with Crippen molar-refractivity contribution in [1.29, 1.82) is 0 Å². The van der Waals surface area contributed by atoms with Crippen LogP contribution in [0.25, 0.3) is 0 Å². The Kier molecular flexibility index (Phi) is 5.49. The molecule has 0 saturated carbocycles. The summed E-state index contributed by atoms with van der Waals surface area (Å²) in [5, 5.41) is 2.43. The minimum atomic E-state index is -0.769. The molecule has 6 heteroatoms. The van der Waals surface area contributed by atoms with E-state index in [0.717, 1.165) is 0 Å². The molecule has 0 aliphatic heterocycles. The summed E-state index contributed by atoms with van der Waals surface area (Å²) < 4.78 is 23.1. The molecule has 1 N–H and O–H groups in total. The normalized spacial score (nSPS) is 10.8. The van der Waals surface area contributed by atoms with E-state index in [1.807, 2.05) is 0 Å². The maximum absolute atomic E-state index is 13.3. The molecule has 1 aromatic carbocycles. The first-order valence-electron chi connectivity index (χ1n) is 6.18. The molecule has 0 radical (unpaired) electrons. The lowest BCUT2D eigenvalue weighted by Gasteiger charge is -2.19. The van der Waals surface area contributed by atoms with Crippen LogP contribution in [-0.4, -0.2) is 30.8 Å². The lowest BCUT2D eigenvalue weighted by molar-refractivity contribution is 0.0430. The predicted molar refractivity (Wildman–Crippen MR) is 70.9 cm³/mol. The summed E-state index contributed by atoms with van der Waals surface area (Å²) >= 11 is 0. The van der Waals surface area contributed by atoms with Crippen LogP contribution in [0.15, 0.2) is 24.3 Å². The van der Waals surface area contributed by atoms with Gasteiger partial charge >= 0.3 is 12.1 Å². The molecule has 1 rings (SSSR count). The summed E-state index contributed by atoms with van der Waals surface area (Å²) in [7, 11) is 0.